The Morgan fingerprint density at radius 1 is 1.42 bits per heavy atom. The molecule has 0 saturated heterocycles. The molecule has 2 rings (SSSR count). The molecule has 19 heavy (non-hydrogen) atoms. The van der Waals surface area contributed by atoms with Crippen molar-refractivity contribution in [3.8, 4) is 0 Å². The minimum absolute atomic E-state index is 0.275. The fourth-order valence-electron chi connectivity index (χ4n) is 1.48. The molecule has 0 atom stereocenters. The fourth-order valence-corrected chi connectivity index (χ4v) is 1.48. The van der Waals surface area contributed by atoms with Gasteiger partial charge in [0.25, 0.3) is 0 Å². The molecule has 2 aromatic rings. The van der Waals surface area contributed by atoms with Gasteiger partial charge in [0.05, 0.1) is 12.7 Å². The third-order valence-electron chi connectivity index (χ3n) is 2.43. The highest BCUT2D eigenvalue weighted by molar-refractivity contribution is 5.91. The first-order valence-electron chi connectivity index (χ1n) is 5.80. The van der Waals surface area contributed by atoms with Crippen LogP contribution in [0.25, 0.3) is 6.08 Å². The van der Waals surface area contributed by atoms with E-state index in [2.05, 4.69) is 15.6 Å². The summed E-state index contributed by atoms with van der Waals surface area (Å²) in [7, 11) is 0. The van der Waals surface area contributed by atoms with Crippen LogP contribution in [0.1, 0.15) is 5.56 Å². The molecule has 1 heterocycles. The Labute approximate surface area is 109 Å². The molecule has 0 fully saturated rings. The molecule has 0 spiro atoms. The van der Waals surface area contributed by atoms with Gasteiger partial charge < -0.3 is 5.32 Å². The van der Waals surface area contributed by atoms with Crippen molar-refractivity contribution in [2.75, 3.05) is 6.54 Å². The van der Waals surface area contributed by atoms with Gasteiger partial charge in [-0.25, -0.2) is 4.39 Å². The lowest BCUT2D eigenvalue weighted by molar-refractivity contribution is -0.116. The molecule has 0 aliphatic rings. The first-order valence-corrected chi connectivity index (χ1v) is 5.80. The Hall–Kier alpha value is -2.50. The lowest BCUT2D eigenvalue weighted by Crippen LogP contribution is -2.25. The Balaban J connectivity index is 1.79. The summed E-state index contributed by atoms with van der Waals surface area (Å²) in [5, 5.41) is 10.1. The Morgan fingerprint density at radius 3 is 3.00 bits per heavy atom. The van der Waals surface area contributed by atoms with E-state index in [4.69, 9.17) is 0 Å². The van der Waals surface area contributed by atoms with E-state index >= 15 is 0 Å². The molecule has 0 aliphatic heterocycles. The zero-order valence-corrected chi connectivity index (χ0v) is 10.2. The summed E-state index contributed by atoms with van der Waals surface area (Å²) in [5.74, 6) is -0.627. The number of rotatable bonds is 5. The number of carbonyl (C=O) groups excluding carboxylic acids is 1. The van der Waals surface area contributed by atoms with E-state index in [0.29, 0.717) is 18.7 Å². The number of nitrogens with zero attached hydrogens (tertiary/aromatic N) is 3. The van der Waals surface area contributed by atoms with E-state index < -0.39 is 0 Å². The minimum atomic E-state index is -0.353. The number of benzene rings is 1. The van der Waals surface area contributed by atoms with Crippen molar-refractivity contribution in [1.29, 1.82) is 0 Å². The zero-order chi connectivity index (χ0) is 13.5. The second-order valence-corrected chi connectivity index (χ2v) is 3.81. The van der Waals surface area contributed by atoms with Crippen molar-refractivity contribution >= 4 is 12.0 Å². The van der Waals surface area contributed by atoms with Gasteiger partial charge in [0.2, 0.25) is 5.91 Å². The third kappa shape index (κ3) is 4.02. The molecule has 1 aromatic heterocycles. The van der Waals surface area contributed by atoms with Gasteiger partial charge in [-0.1, -0.05) is 23.4 Å². The van der Waals surface area contributed by atoms with Crippen LogP contribution in [0.2, 0.25) is 0 Å². The van der Waals surface area contributed by atoms with Crippen LogP contribution >= 0.6 is 0 Å². The average molecular weight is 260 g/mol. The molecule has 1 amide bonds. The third-order valence-corrected chi connectivity index (χ3v) is 2.43. The second-order valence-electron chi connectivity index (χ2n) is 3.81. The van der Waals surface area contributed by atoms with E-state index in [1.165, 1.54) is 18.2 Å². The quantitative estimate of drug-likeness (QED) is 0.823. The molecule has 6 heteroatoms. The van der Waals surface area contributed by atoms with Crippen molar-refractivity contribution in [2.45, 2.75) is 6.54 Å². The monoisotopic (exact) mass is 260 g/mol. The standard InChI is InChI=1S/C13H13FN4O/c14-12-4-2-1-3-11(12)5-6-13(19)15-7-9-18-10-8-16-17-18/h1-6,8,10H,7,9H2,(H,15,19)/b6-5+. The Bertz CT molecular complexity index is 566. The SMILES string of the molecule is O=C(/C=C/c1ccccc1F)NCCn1ccnn1. The number of nitrogens with one attached hydrogen (secondary N) is 1. The van der Waals surface area contributed by atoms with Gasteiger partial charge in [-0.3, -0.25) is 9.48 Å². The predicted molar refractivity (Wildman–Crippen MR) is 68.5 cm³/mol. The summed E-state index contributed by atoms with van der Waals surface area (Å²) < 4.78 is 14.9. The molecular weight excluding hydrogens is 247 g/mol. The van der Waals surface area contributed by atoms with Crippen molar-refractivity contribution < 1.29 is 9.18 Å². The molecule has 98 valence electrons. The van der Waals surface area contributed by atoms with Gasteiger partial charge >= 0.3 is 0 Å². The van der Waals surface area contributed by atoms with Gasteiger partial charge in [-0.15, -0.1) is 5.10 Å². The number of carbonyl (C=O) groups is 1. The molecule has 0 radical (unpaired) electrons. The summed E-state index contributed by atoms with van der Waals surface area (Å²) in [6, 6.07) is 6.27. The molecule has 0 bridgehead atoms. The van der Waals surface area contributed by atoms with E-state index in [1.54, 1.807) is 35.3 Å². The summed E-state index contributed by atoms with van der Waals surface area (Å²) in [5.41, 5.74) is 0.383. The molecule has 1 aromatic carbocycles. The van der Waals surface area contributed by atoms with Gasteiger partial charge in [0.1, 0.15) is 5.82 Å². The summed E-state index contributed by atoms with van der Waals surface area (Å²) >= 11 is 0. The summed E-state index contributed by atoms with van der Waals surface area (Å²) in [6.07, 6.45) is 6.03. The van der Waals surface area contributed by atoms with E-state index in [9.17, 15) is 9.18 Å². The van der Waals surface area contributed by atoms with Crippen LogP contribution in [0.15, 0.2) is 42.7 Å². The van der Waals surface area contributed by atoms with Crippen molar-refractivity contribution in [2.24, 2.45) is 0 Å². The molecule has 0 saturated carbocycles. The number of aromatic nitrogens is 3. The van der Waals surface area contributed by atoms with Gasteiger partial charge in [0.15, 0.2) is 0 Å². The largest absolute Gasteiger partial charge is 0.351 e. The summed E-state index contributed by atoms with van der Waals surface area (Å²) in [4.78, 5) is 11.5. The van der Waals surface area contributed by atoms with Gasteiger partial charge in [-0.05, 0) is 12.1 Å². The van der Waals surface area contributed by atoms with Crippen LogP contribution in [-0.2, 0) is 11.3 Å². The van der Waals surface area contributed by atoms with E-state index in [0.717, 1.165) is 0 Å². The lowest BCUT2D eigenvalue weighted by atomic mass is 10.2. The molecule has 0 aliphatic carbocycles. The summed E-state index contributed by atoms with van der Waals surface area (Å²) in [6.45, 7) is 0.975. The normalized spacial score (nSPS) is 10.8. The molecular formula is C13H13FN4O. The van der Waals surface area contributed by atoms with E-state index in [-0.39, 0.29) is 11.7 Å². The van der Waals surface area contributed by atoms with Crippen LogP contribution in [0.4, 0.5) is 4.39 Å². The maximum absolute atomic E-state index is 13.3. The topological polar surface area (TPSA) is 59.8 Å². The smallest absolute Gasteiger partial charge is 0.244 e. The number of hydrogen-bond donors (Lipinski definition) is 1. The van der Waals surface area contributed by atoms with Crippen LogP contribution in [0.3, 0.4) is 0 Å². The predicted octanol–water partition coefficient (Wildman–Crippen LogP) is 1.25. The number of halogens is 1. The first-order chi connectivity index (χ1) is 9.25. The zero-order valence-electron chi connectivity index (χ0n) is 10.2. The van der Waals surface area contributed by atoms with Crippen LogP contribution in [0, 0.1) is 5.82 Å². The lowest BCUT2D eigenvalue weighted by Gasteiger charge is -2.01. The van der Waals surface area contributed by atoms with Gasteiger partial charge in [0, 0.05) is 24.4 Å². The van der Waals surface area contributed by atoms with Crippen LogP contribution in [-0.4, -0.2) is 27.4 Å². The van der Waals surface area contributed by atoms with Crippen molar-refractivity contribution in [3.05, 3.63) is 54.1 Å². The minimum Gasteiger partial charge on any atom is -0.351 e. The highest BCUT2D eigenvalue weighted by Crippen LogP contribution is 2.07. The highest BCUT2D eigenvalue weighted by Gasteiger charge is 1.98. The van der Waals surface area contributed by atoms with Gasteiger partial charge in [-0.2, -0.15) is 0 Å². The molecule has 5 nitrogen and oxygen atoms in total. The highest BCUT2D eigenvalue weighted by atomic mass is 19.1. The Morgan fingerprint density at radius 2 is 2.26 bits per heavy atom. The average Bonchev–Trinajstić information content (AvgIpc) is 2.91. The molecule has 0 unspecified atom stereocenters. The van der Waals surface area contributed by atoms with E-state index in [1.807, 2.05) is 0 Å². The first kappa shape index (κ1) is 12.9. The maximum Gasteiger partial charge on any atom is 0.244 e. The Kier molecular flexibility index (Phi) is 4.39. The number of hydrogen-bond acceptors (Lipinski definition) is 3. The molecule has 1 N–H and O–H groups in total. The second kappa shape index (κ2) is 6.44. The van der Waals surface area contributed by atoms with Crippen molar-refractivity contribution in [1.82, 2.24) is 20.3 Å². The van der Waals surface area contributed by atoms with Crippen LogP contribution in [0.5, 0.6) is 0 Å². The number of amides is 1. The van der Waals surface area contributed by atoms with Crippen LogP contribution < -0.4 is 5.32 Å². The van der Waals surface area contributed by atoms with Crippen molar-refractivity contribution in [3.63, 3.8) is 0 Å². The maximum atomic E-state index is 13.3. The fraction of sp³-hybridized carbons (Fsp3) is 0.154.